The molecule has 1 heterocycles. The molecule has 23 heavy (non-hydrogen) atoms. The lowest BCUT2D eigenvalue weighted by molar-refractivity contribution is -0.186. The van der Waals surface area contributed by atoms with Gasteiger partial charge in [0.05, 0.1) is 12.5 Å². The normalized spacial score (nSPS) is 21.7. The summed E-state index contributed by atoms with van der Waals surface area (Å²) in [5, 5.41) is 8.75. The molecule has 0 amide bonds. The monoisotopic (exact) mass is 329 g/mol. The molecule has 2 unspecified atom stereocenters. The summed E-state index contributed by atoms with van der Waals surface area (Å²) < 4.78 is 38.9. The van der Waals surface area contributed by atoms with Crippen molar-refractivity contribution < 1.29 is 18.0 Å². The highest BCUT2D eigenvalue weighted by Gasteiger charge is 2.43. The molecule has 1 aliphatic carbocycles. The van der Waals surface area contributed by atoms with Gasteiger partial charge in [0.25, 0.3) is 5.56 Å². The summed E-state index contributed by atoms with van der Waals surface area (Å²) in [4.78, 5) is 37.8. The van der Waals surface area contributed by atoms with Gasteiger partial charge in [0.15, 0.2) is 5.78 Å². The molecule has 0 aliphatic heterocycles. The third-order valence-corrected chi connectivity index (χ3v) is 4.09. The molecule has 0 spiro atoms. The van der Waals surface area contributed by atoms with Crippen LogP contribution < -0.4 is 11.2 Å². The van der Waals surface area contributed by atoms with Gasteiger partial charge in [0.2, 0.25) is 0 Å². The van der Waals surface area contributed by atoms with Crippen molar-refractivity contribution in [2.24, 2.45) is 11.8 Å². The number of nitrogens with zero attached hydrogens (tertiary/aromatic N) is 2. The second kappa shape index (κ2) is 6.40. The topological polar surface area (TPSA) is 95.7 Å². The molecule has 0 saturated heterocycles. The first-order valence-electron chi connectivity index (χ1n) is 7.06. The van der Waals surface area contributed by atoms with E-state index in [9.17, 15) is 27.6 Å². The number of aromatic amines is 1. The van der Waals surface area contributed by atoms with Crippen LogP contribution in [0.3, 0.4) is 0 Å². The Bertz CT molecular complexity index is 757. The van der Waals surface area contributed by atoms with Crippen molar-refractivity contribution >= 4 is 5.78 Å². The number of carbonyl (C=O) groups is 1. The minimum absolute atomic E-state index is 0.0161. The lowest BCUT2D eigenvalue weighted by Gasteiger charge is -2.29. The molecule has 0 aromatic carbocycles. The SMILES string of the molecule is N#Cc1c[nH]c(=O)n(CC(=O)C2CCCC(C(F)(F)F)C2)c1=O. The summed E-state index contributed by atoms with van der Waals surface area (Å²) in [6, 6.07) is 1.58. The van der Waals surface area contributed by atoms with Gasteiger partial charge in [0.1, 0.15) is 11.6 Å². The summed E-state index contributed by atoms with van der Waals surface area (Å²) in [6.07, 6.45) is -3.19. The Kier molecular flexibility index (Phi) is 4.73. The molecule has 124 valence electrons. The van der Waals surface area contributed by atoms with E-state index in [1.165, 1.54) is 0 Å². The minimum Gasteiger partial charge on any atom is -0.313 e. The van der Waals surface area contributed by atoms with Crippen LogP contribution in [0.4, 0.5) is 13.2 Å². The van der Waals surface area contributed by atoms with Crippen LogP contribution in [0.5, 0.6) is 0 Å². The van der Waals surface area contributed by atoms with Crippen LogP contribution in [0.25, 0.3) is 0 Å². The quantitative estimate of drug-likeness (QED) is 0.905. The van der Waals surface area contributed by atoms with E-state index in [1.54, 1.807) is 6.07 Å². The number of aromatic nitrogens is 2. The maximum Gasteiger partial charge on any atom is 0.391 e. The van der Waals surface area contributed by atoms with Crippen LogP contribution in [-0.4, -0.2) is 21.5 Å². The van der Waals surface area contributed by atoms with Gasteiger partial charge in [-0.1, -0.05) is 6.42 Å². The van der Waals surface area contributed by atoms with Crippen LogP contribution >= 0.6 is 0 Å². The first-order chi connectivity index (χ1) is 10.7. The molecule has 1 N–H and O–H groups in total. The number of nitrogens with one attached hydrogen (secondary N) is 1. The third-order valence-electron chi connectivity index (χ3n) is 4.09. The molecule has 1 saturated carbocycles. The first-order valence-corrected chi connectivity index (χ1v) is 7.06. The molecule has 2 atom stereocenters. The summed E-state index contributed by atoms with van der Waals surface area (Å²) in [5.74, 6) is -2.97. The Morgan fingerprint density at radius 3 is 2.70 bits per heavy atom. The number of rotatable bonds is 3. The van der Waals surface area contributed by atoms with E-state index in [2.05, 4.69) is 4.98 Å². The van der Waals surface area contributed by atoms with Crippen molar-refractivity contribution in [3.63, 3.8) is 0 Å². The fraction of sp³-hybridized carbons (Fsp3) is 0.571. The standard InChI is InChI=1S/C14H14F3N3O3/c15-14(16,17)10-3-1-2-8(4-10)11(21)7-20-12(22)9(5-18)6-19-13(20)23/h6,8,10H,1-4,7H2,(H,19,23). The molecular formula is C14H14F3N3O3. The van der Waals surface area contributed by atoms with Crippen LogP contribution in [0.2, 0.25) is 0 Å². The number of H-pyrrole nitrogens is 1. The zero-order valence-corrected chi connectivity index (χ0v) is 12.0. The molecule has 9 heteroatoms. The number of carbonyl (C=O) groups excluding carboxylic acids is 1. The summed E-state index contributed by atoms with van der Waals surface area (Å²) in [7, 11) is 0. The molecule has 0 bridgehead atoms. The molecule has 1 aromatic rings. The Hall–Kier alpha value is -2.37. The van der Waals surface area contributed by atoms with Gasteiger partial charge in [-0.2, -0.15) is 18.4 Å². The first kappa shape index (κ1) is 17.0. The summed E-state index contributed by atoms with van der Waals surface area (Å²) in [6.45, 7) is -0.626. The highest BCUT2D eigenvalue weighted by molar-refractivity contribution is 5.80. The zero-order chi connectivity index (χ0) is 17.2. The van der Waals surface area contributed by atoms with Crippen LogP contribution in [0.1, 0.15) is 31.2 Å². The average molecular weight is 329 g/mol. The van der Waals surface area contributed by atoms with E-state index >= 15 is 0 Å². The Labute approximate surface area is 128 Å². The third kappa shape index (κ3) is 3.70. The predicted octanol–water partition coefficient (Wildman–Crippen LogP) is 1.35. The van der Waals surface area contributed by atoms with E-state index in [1.807, 2.05) is 0 Å². The van der Waals surface area contributed by atoms with Crippen molar-refractivity contribution in [3.8, 4) is 6.07 Å². The minimum atomic E-state index is -4.35. The number of Topliss-reactive ketones (excluding diaryl/α,β-unsaturated/α-hetero) is 1. The van der Waals surface area contributed by atoms with E-state index in [0.29, 0.717) is 11.0 Å². The van der Waals surface area contributed by atoms with E-state index in [4.69, 9.17) is 5.26 Å². The maximum atomic E-state index is 12.8. The molecule has 2 rings (SSSR count). The number of hydrogen-bond acceptors (Lipinski definition) is 4. The molecular weight excluding hydrogens is 315 g/mol. The second-order valence-corrected chi connectivity index (χ2v) is 5.58. The van der Waals surface area contributed by atoms with Crippen molar-refractivity contribution in [2.45, 2.75) is 38.4 Å². The van der Waals surface area contributed by atoms with Crippen molar-refractivity contribution in [3.05, 3.63) is 32.6 Å². The number of nitriles is 1. The number of hydrogen-bond donors (Lipinski definition) is 1. The molecule has 0 radical (unpaired) electrons. The summed E-state index contributed by atoms with van der Waals surface area (Å²) in [5.41, 5.74) is -2.13. The fourth-order valence-corrected chi connectivity index (χ4v) is 2.80. The lowest BCUT2D eigenvalue weighted by Crippen LogP contribution is -2.40. The van der Waals surface area contributed by atoms with Crippen LogP contribution in [0.15, 0.2) is 15.8 Å². The molecule has 1 aliphatic rings. The van der Waals surface area contributed by atoms with E-state index in [-0.39, 0.29) is 24.8 Å². The lowest BCUT2D eigenvalue weighted by atomic mass is 9.79. The smallest absolute Gasteiger partial charge is 0.313 e. The van der Waals surface area contributed by atoms with Gasteiger partial charge in [-0.25, -0.2) is 4.79 Å². The van der Waals surface area contributed by atoms with Gasteiger partial charge < -0.3 is 4.98 Å². The molecule has 1 aromatic heterocycles. The highest BCUT2D eigenvalue weighted by atomic mass is 19.4. The number of halogens is 3. The zero-order valence-electron chi connectivity index (χ0n) is 12.0. The summed E-state index contributed by atoms with van der Waals surface area (Å²) >= 11 is 0. The highest BCUT2D eigenvalue weighted by Crippen LogP contribution is 2.40. The molecule has 1 fully saturated rings. The van der Waals surface area contributed by atoms with Crippen molar-refractivity contribution in [1.82, 2.24) is 9.55 Å². The molecule has 6 nitrogen and oxygen atoms in total. The van der Waals surface area contributed by atoms with Crippen LogP contribution in [0, 0.1) is 23.2 Å². The Morgan fingerprint density at radius 1 is 1.39 bits per heavy atom. The average Bonchev–Trinajstić information content (AvgIpc) is 2.50. The van der Waals surface area contributed by atoms with Gasteiger partial charge >= 0.3 is 11.9 Å². The van der Waals surface area contributed by atoms with Crippen LogP contribution in [-0.2, 0) is 11.3 Å². The predicted molar refractivity (Wildman–Crippen MR) is 72.5 cm³/mol. The largest absolute Gasteiger partial charge is 0.391 e. The van der Waals surface area contributed by atoms with Gasteiger partial charge in [0, 0.05) is 12.1 Å². The Balaban J connectivity index is 2.19. The Morgan fingerprint density at radius 2 is 2.09 bits per heavy atom. The number of ketones is 1. The second-order valence-electron chi connectivity index (χ2n) is 5.58. The maximum absolute atomic E-state index is 12.8. The van der Waals surface area contributed by atoms with Crippen molar-refractivity contribution in [1.29, 1.82) is 5.26 Å². The fourth-order valence-electron chi connectivity index (χ4n) is 2.80. The van der Waals surface area contributed by atoms with Gasteiger partial charge in [-0.3, -0.25) is 14.2 Å². The van der Waals surface area contributed by atoms with Gasteiger partial charge in [-0.05, 0) is 19.3 Å². The number of alkyl halides is 3. The van der Waals surface area contributed by atoms with E-state index in [0.717, 1.165) is 6.20 Å². The van der Waals surface area contributed by atoms with Gasteiger partial charge in [-0.15, -0.1) is 0 Å². The van der Waals surface area contributed by atoms with Crippen molar-refractivity contribution in [2.75, 3.05) is 0 Å². The van der Waals surface area contributed by atoms with E-state index < -0.39 is 41.6 Å².